The molecule has 3 heterocycles. The van der Waals surface area contributed by atoms with Crippen LogP contribution in [0.4, 0.5) is 0 Å². The molecule has 1 saturated heterocycles. The highest BCUT2D eigenvalue weighted by Crippen LogP contribution is 2.27. The van der Waals surface area contributed by atoms with Crippen LogP contribution >= 0.6 is 11.3 Å². The van der Waals surface area contributed by atoms with Crippen molar-refractivity contribution in [2.24, 2.45) is 0 Å². The maximum absolute atomic E-state index is 12.5. The second-order valence-corrected chi connectivity index (χ2v) is 6.16. The minimum atomic E-state index is -0.0676. The molecule has 1 unspecified atom stereocenters. The van der Waals surface area contributed by atoms with Crippen LogP contribution in [0.25, 0.3) is 10.6 Å². The summed E-state index contributed by atoms with van der Waals surface area (Å²) < 4.78 is 5.28. The number of rotatable bonds is 5. The molecule has 1 fully saturated rings. The first-order valence-electron chi connectivity index (χ1n) is 7.22. The second-order valence-electron chi connectivity index (χ2n) is 5.21. The first-order chi connectivity index (χ1) is 10.3. The van der Waals surface area contributed by atoms with Gasteiger partial charge in [0, 0.05) is 25.3 Å². The van der Waals surface area contributed by atoms with Gasteiger partial charge in [0.05, 0.1) is 4.88 Å². The van der Waals surface area contributed by atoms with Gasteiger partial charge in [-0.05, 0) is 37.1 Å². The second kappa shape index (κ2) is 6.41. The first kappa shape index (κ1) is 14.3. The lowest BCUT2D eigenvalue weighted by molar-refractivity contribution is 0.0714. The summed E-state index contributed by atoms with van der Waals surface area (Å²) in [4.78, 5) is 15.4. The normalized spacial score (nSPS) is 18.3. The van der Waals surface area contributed by atoms with Gasteiger partial charge in [-0.2, -0.15) is 0 Å². The van der Waals surface area contributed by atoms with Gasteiger partial charge in [0.2, 0.25) is 0 Å². The van der Waals surface area contributed by atoms with E-state index >= 15 is 0 Å². The number of aliphatic hydroxyl groups excluding tert-OH is 1. The van der Waals surface area contributed by atoms with Crippen LogP contribution in [0.15, 0.2) is 28.1 Å². The van der Waals surface area contributed by atoms with Crippen molar-refractivity contribution in [1.82, 2.24) is 10.1 Å². The van der Waals surface area contributed by atoms with Crippen LogP contribution < -0.4 is 0 Å². The monoisotopic (exact) mass is 306 g/mol. The molecule has 5 nitrogen and oxygen atoms in total. The highest BCUT2D eigenvalue weighted by Gasteiger charge is 2.30. The number of nitrogens with zero attached hydrogens (tertiary/aromatic N) is 2. The predicted molar refractivity (Wildman–Crippen MR) is 80.2 cm³/mol. The van der Waals surface area contributed by atoms with Gasteiger partial charge in [0.1, 0.15) is 0 Å². The zero-order valence-corrected chi connectivity index (χ0v) is 12.5. The van der Waals surface area contributed by atoms with Gasteiger partial charge in [0.15, 0.2) is 11.5 Å². The third kappa shape index (κ3) is 3.01. The summed E-state index contributed by atoms with van der Waals surface area (Å²) in [6.45, 7) is 0.932. The van der Waals surface area contributed by atoms with E-state index in [4.69, 9.17) is 9.63 Å². The van der Waals surface area contributed by atoms with Crippen LogP contribution in [0.1, 0.15) is 36.2 Å². The van der Waals surface area contributed by atoms with Gasteiger partial charge >= 0.3 is 0 Å². The molecule has 0 spiro atoms. The number of thiophene rings is 1. The number of aliphatic hydroxyl groups is 1. The van der Waals surface area contributed by atoms with Crippen molar-refractivity contribution in [3.8, 4) is 10.6 Å². The Morgan fingerprint density at radius 1 is 1.57 bits per heavy atom. The van der Waals surface area contributed by atoms with Gasteiger partial charge in [-0.15, -0.1) is 11.3 Å². The number of hydrogen-bond donors (Lipinski definition) is 1. The molecule has 1 atom stereocenters. The molecule has 112 valence electrons. The Morgan fingerprint density at radius 2 is 2.48 bits per heavy atom. The Bertz CT molecular complexity index is 594. The van der Waals surface area contributed by atoms with Gasteiger partial charge in [-0.1, -0.05) is 11.2 Å². The van der Waals surface area contributed by atoms with Crippen molar-refractivity contribution in [3.63, 3.8) is 0 Å². The van der Waals surface area contributed by atoms with Crippen molar-refractivity contribution < 1.29 is 14.4 Å². The van der Waals surface area contributed by atoms with Crippen molar-refractivity contribution in [1.29, 1.82) is 0 Å². The zero-order chi connectivity index (χ0) is 14.7. The molecular weight excluding hydrogens is 288 g/mol. The van der Waals surface area contributed by atoms with E-state index in [1.807, 2.05) is 22.4 Å². The van der Waals surface area contributed by atoms with E-state index in [-0.39, 0.29) is 18.6 Å². The lowest BCUT2D eigenvalue weighted by atomic mass is 10.1. The minimum absolute atomic E-state index is 0.0676. The van der Waals surface area contributed by atoms with E-state index in [1.165, 1.54) is 0 Å². The van der Waals surface area contributed by atoms with Gasteiger partial charge < -0.3 is 14.5 Å². The lowest BCUT2D eigenvalue weighted by Crippen LogP contribution is -2.35. The van der Waals surface area contributed by atoms with E-state index in [0.29, 0.717) is 11.5 Å². The van der Waals surface area contributed by atoms with Crippen molar-refractivity contribution in [3.05, 3.63) is 29.3 Å². The Morgan fingerprint density at radius 3 is 3.24 bits per heavy atom. The Kier molecular flexibility index (Phi) is 4.36. The summed E-state index contributed by atoms with van der Waals surface area (Å²) >= 11 is 1.56. The summed E-state index contributed by atoms with van der Waals surface area (Å²) in [5, 5.41) is 14.8. The Hall–Kier alpha value is -1.66. The molecule has 1 aliphatic rings. The molecule has 1 aliphatic heterocycles. The maximum atomic E-state index is 12.5. The van der Waals surface area contributed by atoms with Crippen molar-refractivity contribution in [2.45, 2.75) is 31.7 Å². The number of aromatic nitrogens is 1. The molecule has 0 saturated carbocycles. The molecule has 2 aromatic rings. The molecule has 1 N–H and O–H groups in total. The van der Waals surface area contributed by atoms with E-state index in [1.54, 1.807) is 17.4 Å². The molecule has 3 rings (SSSR count). The van der Waals surface area contributed by atoms with Gasteiger partial charge in [-0.3, -0.25) is 4.79 Å². The van der Waals surface area contributed by atoms with Gasteiger partial charge in [-0.25, -0.2) is 0 Å². The molecule has 0 bridgehead atoms. The number of amides is 1. The summed E-state index contributed by atoms with van der Waals surface area (Å²) in [5.74, 6) is 0.571. The third-order valence-corrected chi connectivity index (χ3v) is 4.71. The topological polar surface area (TPSA) is 66.6 Å². The van der Waals surface area contributed by atoms with E-state index in [9.17, 15) is 4.79 Å². The molecule has 2 aromatic heterocycles. The summed E-state index contributed by atoms with van der Waals surface area (Å²) in [6, 6.07) is 5.82. The average Bonchev–Trinajstić information content (AvgIpc) is 3.24. The van der Waals surface area contributed by atoms with Crippen LogP contribution in [0, 0.1) is 0 Å². The summed E-state index contributed by atoms with van der Waals surface area (Å²) in [5.41, 5.74) is 0.370. The number of hydrogen-bond acceptors (Lipinski definition) is 5. The van der Waals surface area contributed by atoms with E-state index in [0.717, 1.165) is 37.1 Å². The highest BCUT2D eigenvalue weighted by atomic mass is 32.1. The molecule has 0 aromatic carbocycles. The fraction of sp³-hybridized carbons (Fsp3) is 0.467. The first-order valence-corrected chi connectivity index (χ1v) is 8.10. The summed E-state index contributed by atoms with van der Waals surface area (Å²) in [6.07, 6.45) is 3.59. The fourth-order valence-corrected chi connectivity index (χ4v) is 3.46. The highest BCUT2D eigenvalue weighted by molar-refractivity contribution is 7.13. The van der Waals surface area contributed by atoms with E-state index < -0.39 is 0 Å². The number of carbonyl (C=O) groups excluding carboxylic acids is 1. The quantitative estimate of drug-likeness (QED) is 0.922. The Balaban J connectivity index is 1.73. The molecular formula is C15H18N2O3S. The molecule has 6 heteroatoms. The molecule has 1 amide bonds. The predicted octanol–water partition coefficient (Wildman–Crippen LogP) is 2.78. The van der Waals surface area contributed by atoms with E-state index in [2.05, 4.69) is 5.16 Å². The average molecular weight is 306 g/mol. The maximum Gasteiger partial charge on any atom is 0.276 e. The van der Waals surface area contributed by atoms with Crippen molar-refractivity contribution >= 4 is 17.2 Å². The standard InChI is InChI=1S/C15H18N2O3S/c18-8-2-5-11-4-1-7-17(11)15(19)12-10-13(20-16-12)14-6-3-9-21-14/h3,6,9-11,18H,1-2,4-5,7-8H2. The smallest absolute Gasteiger partial charge is 0.276 e. The summed E-state index contributed by atoms with van der Waals surface area (Å²) in [7, 11) is 0. The van der Waals surface area contributed by atoms with Crippen molar-refractivity contribution in [2.75, 3.05) is 13.2 Å². The Labute approximate surface area is 127 Å². The van der Waals surface area contributed by atoms with Crippen LogP contribution in [0.2, 0.25) is 0 Å². The van der Waals surface area contributed by atoms with Crippen LogP contribution in [-0.2, 0) is 0 Å². The third-order valence-electron chi connectivity index (χ3n) is 3.83. The lowest BCUT2D eigenvalue weighted by Gasteiger charge is -2.23. The fourth-order valence-electron chi connectivity index (χ4n) is 2.79. The number of likely N-dealkylation sites (tertiary alicyclic amines) is 1. The van der Waals surface area contributed by atoms with Crippen LogP contribution in [-0.4, -0.2) is 40.3 Å². The molecule has 21 heavy (non-hydrogen) atoms. The molecule has 0 aliphatic carbocycles. The SMILES string of the molecule is O=C(c1cc(-c2cccs2)on1)N1CCCC1CCCO. The molecule has 0 radical (unpaired) electrons. The van der Waals surface area contributed by atoms with Gasteiger partial charge in [0.25, 0.3) is 5.91 Å². The minimum Gasteiger partial charge on any atom is -0.396 e. The zero-order valence-electron chi connectivity index (χ0n) is 11.7. The van der Waals surface area contributed by atoms with Crippen LogP contribution in [0.5, 0.6) is 0 Å². The van der Waals surface area contributed by atoms with Crippen LogP contribution in [0.3, 0.4) is 0 Å². The largest absolute Gasteiger partial charge is 0.396 e. The number of carbonyl (C=O) groups is 1.